The molecule has 0 unspecified atom stereocenters. The van der Waals surface area contributed by atoms with Crippen molar-refractivity contribution in [3.63, 3.8) is 0 Å². The highest BCUT2D eigenvalue weighted by Gasteiger charge is 2.32. The van der Waals surface area contributed by atoms with E-state index in [0.29, 0.717) is 16.8 Å². The second kappa shape index (κ2) is 7.47. The summed E-state index contributed by atoms with van der Waals surface area (Å²) < 4.78 is 12.9. The number of fused-ring (bicyclic) bond motifs is 3. The number of halogens is 1. The van der Waals surface area contributed by atoms with Crippen LogP contribution in [0.3, 0.4) is 0 Å². The van der Waals surface area contributed by atoms with Gasteiger partial charge in [-0.15, -0.1) is 0 Å². The van der Waals surface area contributed by atoms with Crippen molar-refractivity contribution >= 4 is 17.3 Å². The molecule has 0 radical (unpaired) electrons. The predicted octanol–water partition coefficient (Wildman–Crippen LogP) is 5.38. The van der Waals surface area contributed by atoms with E-state index in [4.69, 9.17) is 31.1 Å². The quantitative estimate of drug-likeness (QED) is 0.531. The van der Waals surface area contributed by atoms with Crippen molar-refractivity contribution in [2.75, 3.05) is 14.2 Å². The van der Waals surface area contributed by atoms with E-state index in [9.17, 15) is 0 Å². The minimum absolute atomic E-state index is 0.0931. The first-order valence-electron chi connectivity index (χ1n) is 9.92. The van der Waals surface area contributed by atoms with Gasteiger partial charge in [0.1, 0.15) is 5.49 Å². The average Bonchev–Trinajstić information content (AvgIpc) is 2.97. The molecule has 4 rings (SSSR count). The smallest absolute Gasteiger partial charge is 0.204 e. The Morgan fingerprint density at radius 1 is 1.00 bits per heavy atom. The Balaban J connectivity index is 2.05. The summed E-state index contributed by atoms with van der Waals surface area (Å²) in [5, 5.41) is 0.393. The van der Waals surface area contributed by atoms with Crippen LogP contribution in [0.2, 0.25) is 5.28 Å². The lowest BCUT2D eigenvalue weighted by atomic mass is 9.99. The van der Waals surface area contributed by atoms with Crippen LogP contribution in [-0.4, -0.2) is 23.8 Å². The van der Waals surface area contributed by atoms with E-state index in [1.54, 1.807) is 14.2 Å². The molecule has 156 valence electrons. The van der Waals surface area contributed by atoms with E-state index in [0.717, 1.165) is 44.7 Å². The van der Waals surface area contributed by atoms with Crippen molar-refractivity contribution in [1.29, 1.82) is 0 Å². The number of aromatic nitrogens is 2. The zero-order valence-corrected chi connectivity index (χ0v) is 19.2. The van der Waals surface area contributed by atoms with Gasteiger partial charge in [0, 0.05) is 24.1 Å². The monoisotopic (exact) mass is 423 g/mol. The number of hydrogen-bond acceptors (Lipinski definition) is 4. The third kappa shape index (κ3) is 3.08. The van der Waals surface area contributed by atoms with Crippen molar-refractivity contribution in [3.05, 3.63) is 62.9 Å². The summed E-state index contributed by atoms with van der Waals surface area (Å²) in [7, 11) is 5.19. The maximum Gasteiger partial charge on any atom is 0.204 e. The van der Waals surface area contributed by atoms with Crippen LogP contribution < -0.4 is 15.0 Å². The van der Waals surface area contributed by atoms with Crippen LogP contribution in [0, 0.1) is 20.8 Å². The maximum atomic E-state index is 6.55. The number of rotatable bonds is 3. The van der Waals surface area contributed by atoms with E-state index in [2.05, 4.69) is 39.8 Å². The molecule has 1 aromatic heterocycles. The summed E-state index contributed by atoms with van der Waals surface area (Å²) in [4.78, 5) is 9.82. The van der Waals surface area contributed by atoms with Crippen molar-refractivity contribution in [1.82, 2.24) is 9.55 Å². The molecule has 0 amide bonds. The van der Waals surface area contributed by atoms with Gasteiger partial charge in [-0.3, -0.25) is 0 Å². The van der Waals surface area contributed by atoms with Crippen LogP contribution in [0.15, 0.2) is 29.3 Å². The predicted molar refractivity (Wildman–Crippen MR) is 120 cm³/mol. The highest BCUT2D eigenvalue weighted by Crippen LogP contribution is 2.47. The van der Waals surface area contributed by atoms with Crippen molar-refractivity contribution in [2.45, 2.75) is 33.6 Å². The highest BCUT2D eigenvalue weighted by atomic mass is 35.5. The van der Waals surface area contributed by atoms with Crippen molar-refractivity contribution < 1.29 is 9.47 Å². The number of methoxy groups -OCH3 is 2. The van der Waals surface area contributed by atoms with Crippen LogP contribution in [-0.2, 0) is 7.05 Å². The molecule has 0 aliphatic heterocycles. The van der Waals surface area contributed by atoms with Crippen LogP contribution >= 0.6 is 11.6 Å². The molecule has 6 heteroatoms. The normalized spacial score (nSPS) is 15.2. The first-order chi connectivity index (χ1) is 14.3. The zero-order valence-electron chi connectivity index (χ0n) is 18.4. The Bertz CT molecular complexity index is 1220. The Morgan fingerprint density at radius 3 is 2.20 bits per heavy atom. The topological polar surface area (TPSA) is 48.6 Å². The largest absolute Gasteiger partial charge is 0.493 e. The standard InChI is InChI=1S/C24H26ClN3O2/c1-12-8-13(2)21(14(3)9-12)26-23-20-15(4)16-10-18(29-6)19(30-7)11-17(16)22(20)27-24(25)28(23)5/h8-11,15H,1-7H3/t15-/m0/s1. The van der Waals surface area contributed by atoms with Gasteiger partial charge in [-0.2, -0.15) is 0 Å². The average molecular weight is 424 g/mol. The maximum absolute atomic E-state index is 6.55. The lowest BCUT2D eigenvalue weighted by Crippen LogP contribution is -2.25. The molecule has 0 bridgehead atoms. The summed E-state index contributed by atoms with van der Waals surface area (Å²) >= 11 is 6.55. The number of ether oxygens (including phenoxy) is 2. The van der Waals surface area contributed by atoms with Gasteiger partial charge >= 0.3 is 0 Å². The molecular formula is C24H26ClN3O2. The van der Waals surface area contributed by atoms with Gasteiger partial charge in [-0.1, -0.05) is 24.6 Å². The van der Waals surface area contributed by atoms with E-state index < -0.39 is 0 Å². The molecule has 1 atom stereocenters. The van der Waals surface area contributed by atoms with Gasteiger partial charge in [0.25, 0.3) is 0 Å². The van der Waals surface area contributed by atoms with E-state index in [1.807, 2.05) is 23.7 Å². The third-order valence-corrected chi connectivity index (χ3v) is 6.20. The van der Waals surface area contributed by atoms with Crippen LogP contribution in [0.25, 0.3) is 11.3 Å². The summed E-state index contributed by atoms with van der Waals surface area (Å²) in [6, 6.07) is 8.32. The van der Waals surface area contributed by atoms with Gasteiger partial charge in [-0.05, 0) is 61.2 Å². The Labute approximate surface area is 182 Å². The molecule has 1 heterocycles. The molecule has 0 spiro atoms. The first kappa shape index (κ1) is 20.5. The minimum atomic E-state index is 0.0931. The molecule has 0 saturated carbocycles. The van der Waals surface area contributed by atoms with Crippen LogP contribution in [0.4, 0.5) is 5.69 Å². The Kier molecular flexibility index (Phi) is 5.10. The zero-order chi connectivity index (χ0) is 21.7. The summed E-state index contributed by atoms with van der Waals surface area (Å²) in [5.74, 6) is 1.47. The molecule has 1 aliphatic rings. The lowest BCUT2D eigenvalue weighted by molar-refractivity contribution is 0.354. The van der Waals surface area contributed by atoms with Gasteiger partial charge in [0.15, 0.2) is 11.5 Å². The third-order valence-electron chi connectivity index (χ3n) is 5.86. The highest BCUT2D eigenvalue weighted by molar-refractivity contribution is 6.28. The second-order valence-electron chi connectivity index (χ2n) is 7.90. The fourth-order valence-corrected chi connectivity index (χ4v) is 4.57. The van der Waals surface area contributed by atoms with E-state index in [1.165, 1.54) is 5.56 Å². The molecule has 0 N–H and O–H groups in total. The fraction of sp³-hybridized carbons (Fsp3) is 0.333. The first-order valence-corrected chi connectivity index (χ1v) is 10.3. The number of benzene rings is 2. The van der Waals surface area contributed by atoms with Crippen molar-refractivity contribution in [2.24, 2.45) is 12.0 Å². The van der Waals surface area contributed by atoms with Crippen molar-refractivity contribution in [3.8, 4) is 22.8 Å². The fourth-order valence-electron chi connectivity index (χ4n) is 4.41. The Morgan fingerprint density at radius 2 is 1.60 bits per heavy atom. The number of aryl methyl sites for hydroxylation is 3. The molecule has 2 aromatic carbocycles. The molecular weight excluding hydrogens is 398 g/mol. The molecule has 0 saturated heterocycles. The van der Waals surface area contributed by atoms with Crippen LogP contribution in [0.5, 0.6) is 11.5 Å². The van der Waals surface area contributed by atoms with Gasteiger partial charge in [0.05, 0.1) is 25.6 Å². The summed E-state index contributed by atoms with van der Waals surface area (Å²) in [5.41, 5.74) is 9.35. The Hall–Kier alpha value is -2.79. The van der Waals surface area contributed by atoms with Gasteiger partial charge in [-0.25, -0.2) is 9.98 Å². The van der Waals surface area contributed by atoms with E-state index in [-0.39, 0.29) is 5.92 Å². The summed E-state index contributed by atoms with van der Waals surface area (Å²) in [6.07, 6.45) is 0. The second-order valence-corrected chi connectivity index (χ2v) is 8.24. The lowest BCUT2D eigenvalue weighted by Gasteiger charge is -2.13. The molecule has 3 aromatic rings. The molecule has 1 aliphatic carbocycles. The van der Waals surface area contributed by atoms with Crippen LogP contribution in [0.1, 0.15) is 40.7 Å². The molecule has 30 heavy (non-hydrogen) atoms. The summed E-state index contributed by atoms with van der Waals surface area (Å²) in [6.45, 7) is 8.45. The number of hydrogen-bond donors (Lipinski definition) is 0. The minimum Gasteiger partial charge on any atom is -0.493 e. The molecule has 0 fully saturated rings. The SMILES string of the molecule is COc1cc2c(cc1OC)[C@H](C)c1c-2nc(Cl)n(C)c1=Nc1c(C)cc(C)cc1C. The van der Waals surface area contributed by atoms with Gasteiger partial charge in [0.2, 0.25) is 5.28 Å². The van der Waals surface area contributed by atoms with Gasteiger partial charge < -0.3 is 14.0 Å². The van der Waals surface area contributed by atoms with E-state index >= 15 is 0 Å². The number of nitrogens with zero attached hydrogens (tertiary/aromatic N) is 3. The molecule has 5 nitrogen and oxygen atoms in total.